The van der Waals surface area contributed by atoms with Gasteiger partial charge < -0.3 is 19.9 Å². The zero-order valence-electron chi connectivity index (χ0n) is 17.0. The highest BCUT2D eigenvalue weighted by molar-refractivity contribution is 5.40. The van der Waals surface area contributed by atoms with Crippen molar-refractivity contribution in [1.29, 1.82) is 0 Å². The average Bonchev–Trinajstić information content (AvgIpc) is 3.01. The summed E-state index contributed by atoms with van der Waals surface area (Å²) in [5.41, 5.74) is 7.68. The molecule has 5 heterocycles. The Morgan fingerprint density at radius 2 is 2.10 bits per heavy atom. The van der Waals surface area contributed by atoms with Crippen LogP contribution in [-0.4, -0.2) is 58.8 Å². The number of hydrogen-bond donors (Lipinski definition) is 1. The molecule has 9 heteroatoms. The number of piperidine rings is 1. The molecular weight excluding hydrogens is 387 g/mol. The molecule has 0 aliphatic carbocycles. The fraction of sp³-hybridized carbons (Fsp3) is 0.571. The molecule has 0 unspecified atom stereocenters. The molecule has 2 fully saturated rings. The Hall–Kier alpha value is -2.52. The van der Waals surface area contributed by atoms with Gasteiger partial charge in [-0.15, -0.1) is 0 Å². The van der Waals surface area contributed by atoms with E-state index in [1.807, 2.05) is 10.6 Å². The predicted molar refractivity (Wildman–Crippen MR) is 111 cm³/mol. The van der Waals surface area contributed by atoms with Crippen LogP contribution >= 0.6 is 0 Å². The highest BCUT2D eigenvalue weighted by Crippen LogP contribution is 2.36. The van der Waals surface area contributed by atoms with Crippen LogP contribution in [0.4, 0.5) is 16.2 Å². The van der Waals surface area contributed by atoms with Gasteiger partial charge in [0, 0.05) is 63.1 Å². The van der Waals surface area contributed by atoms with Crippen LogP contribution in [0.2, 0.25) is 0 Å². The van der Waals surface area contributed by atoms with Crippen molar-refractivity contribution in [3.63, 3.8) is 0 Å². The molecular formula is C21H27FN6O2. The SMILES string of the molecule is Nc1nc(N2C[C@@H]3C[C@H](C2)c2ccc(CN4CCCOCC4)c(=O)n2C3)ncc1F. The number of hydrogen-bond acceptors (Lipinski definition) is 7. The minimum atomic E-state index is -0.601. The first kappa shape index (κ1) is 19.4. The maximum Gasteiger partial charge on any atom is 0.255 e. The molecule has 2 N–H and O–H groups in total. The number of halogens is 1. The molecule has 2 aromatic heterocycles. The molecule has 8 nitrogen and oxygen atoms in total. The second kappa shape index (κ2) is 7.96. The van der Waals surface area contributed by atoms with Gasteiger partial charge in [-0.1, -0.05) is 6.07 Å². The monoisotopic (exact) mass is 414 g/mol. The topological polar surface area (TPSA) is 89.5 Å². The van der Waals surface area contributed by atoms with E-state index in [-0.39, 0.29) is 17.3 Å². The second-order valence-electron chi connectivity index (χ2n) is 8.55. The van der Waals surface area contributed by atoms with Gasteiger partial charge in [0.25, 0.3) is 5.56 Å². The van der Waals surface area contributed by atoms with Gasteiger partial charge >= 0.3 is 0 Å². The molecule has 0 saturated carbocycles. The van der Waals surface area contributed by atoms with Crippen LogP contribution in [0.5, 0.6) is 0 Å². The Morgan fingerprint density at radius 1 is 1.20 bits per heavy atom. The van der Waals surface area contributed by atoms with E-state index in [2.05, 4.69) is 25.8 Å². The van der Waals surface area contributed by atoms with Gasteiger partial charge in [-0.3, -0.25) is 9.69 Å². The summed E-state index contributed by atoms with van der Waals surface area (Å²) in [6.07, 6.45) is 3.16. The number of nitrogens with two attached hydrogens (primary N) is 1. The van der Waals surface area contributed by atoms with Crippen LogP contribution in [0, 0.1) is 11.7 Å². The van der Waals surface area contributed by atoms with Crippen molar-refractivity contribution in [2.45, 2.75) is 31.8 Å². The van der Waals surface area contributed by atoms with Crippen LogP contribution < -0.4 is 16.2 Å². The number of pyridine rings is 1. The van der Waals surface area contributed by atoms with Gasteiger partial charge in [-0.05, 0) is 24.8 Å². The summed E-state index contributed by atoms with van der Waals surface area (Å²) < 4.78 is 20.9. The maximum absolute atomic E-state index is 13.4. The van der Waals surface area contributed by atoms with E-state index in [0.717, 1.165) is 63.1 Å². The van der Waals surface area contributed by atoms with Crippen molar-refractivity contribution in [2.75, 3.05) is 50.0 Å². The third-order valence-electron chi connectivity index (χ3n) is 6.43. The molecule has 0 amide bonds. The zero-order valence-corrected chi connectivity index (χ0v) is 17.0. The molecule has 2 aromatic rings. The largest absolute Gasteiger partial charge is 0.381 e. The minimum Gasteiger partial charge on any atom is -0.381 e. The second-order valence-corrected chi connectivity index (χ2v) is 8.55. The minimum absolute atomic E-state index is 0.128. The van der Waals surface area contributed by atoms with Crippen molar-refractivity contribution >= 4 is 11.8 Å². The lowest BCUT2D eigenvalue weighted by Crippen LogP contribution is -2.48. The van der Waals surface area contributed by atoms with Crippen molar-refractivity contribution in [2.24, 2.45) is 5.92 Å². The predicted octanol–water partition coefficient (Wildman–Crippen LogP) is 1.21. The van der Waals surface area contributed by atoms with E-state index < -0.39 is 5.82 Å². The van der Waals surface area contributed by atoms with Crippen LogP contribution in [0.15, 0.2) is 23.1 Å². The molecule has 30 heavy (non-hydrogen) atoms. The maximum atomic E-state index is 13.4. The summed E-state index contributed by atoms with van der Waals surface area (Å²) in [6, 6.07) is 4.10. The summed E-state index contributed by atoms with van der Waals surface area (Å²) in [5, 5.41) is 0. The lowest BCUT2D eigenvalue weighted by Gasteiger charge is -2.43. The molecule has 3 aliphatic heterocycles. The molecule has 160 valence electrons. The Morgan fingerprint density at radius 3 is 2.97 bits per heavy atom. The first-order chi connectivity index (χ1) is 14.6. The number of rotatable bonds is 3. The van der Waals surface area contributed by atoms with Gasteiger partial charge in [0.1, 0.15) is 0 Å². The van der Waals surface area contributed by atoms with Crippen molar-refractivity contribution in [1.82, 2.24) is 19.4 Å². The normalized spacial score (nSPS) is 24.4. The molecule has 0 spiro atoms. The van der Waals surface area contributed by atoms with E-state index in [1.54, 1.807) is 0 Å². The smallest absolute Gasteiger partial charge is 0.255 e. The van der Waals surface area contributed by atoms with Gasteiger partial charge in [0.2, 0.25) is 5.95 Å². The third-order valence-corrected chi connectivity index (χ3v) is 6.43. The quantitative estimate of drug-likeness (QED) is 0.807. The van der Waals surface area contributed by atoms with Crippen molar-refractivity contribution in [3.8, 4) is 0 Å². The van der Waals surface area contributed by atoms with E-state index in [9.17, 15) is 9.18 Å². The van der Waals surface area contributed by atoms with Crippen molar-refractivity contribution in [3.05, 3.63) is 45.8 Å². The van der Waals surface area contributed by atoms with Gasteiger partial charge in [-0.2, -0.15) is 4.98 Å². The van der Waals surface area contributed by atoms with E-state index in [1.165, 1.54) is 0 Å². The number of nitrogen functional groups attached to an aromatic ring is 1. The molecule has 2 bridgehead atoms. The fourth-order valence-corrected chi connectivity index (χ4v) is 4.99. The molecule has 2 saturated heterocycles. The highest BCUT2D eigenvalue weighted by Gasteiger charge is 2.36. The lowest BCUT2D eigenvalue weighted by atomic mass is 9.83. The third kappa shape index (κ3) is 3.67. The lowest BCUT2D eigenvalue weighted by molar-refractivity contribution is 0.140. The number of ether oxygens (including phenoxy) is 1. The molecule has 3 aliphatic rings. The Kier molecular flexibility index (Phi) is 5.16. The van der Waals surface area contributed by atoms with Gasteiger partial charge in [-0.25, -0.2) is 9.37 Å². The number of fused-ring (bicyclic) bond motifs is 4. The zero-order chi connectivity index (χ0) is 20.7. The summed E-state index contributed by atoms with van der Waals surface area (Å²) in [5.74, 6) is 0.276. The van der Waals surface area contributed by atoms with E-state index in [0.29, 0.717) is 31.5 Å². The molecule has 5 rings (SSSR count). The van der Waals surface area contributed by atoms with Gasteiger partial charge in [0.05, 0.1) is 12.8 Å². The molecule has 2 atom stereocenters. The van der Waals surface area contributed by atoms with Crippen LogP contribution in [0.1, 0.15) is 30.0 Å². The summed E-state index contributed by atoms with van der Waals surface area (Å²) in [6.45, 7) is 6.14. The van der Waals surface area contributed by atoms with Crippen LogP contribution in [0.25, 0.3) is 0 Å². The molecule has 0 radical (unpaired) electrons. The number of aromatic nitrogens is 3. The summed E-state index contributed by atoms with van der Waals surface area (Å²) in [7, 11) is 0. The van der Waals surface area contributed by atoms with E-state index in [4.69, 9.17) is 10.5 Å². The van der Waals surface area contributed by atoms with Crippen LogP contribution in [0.3, 0.4) is 0 Å². The number of anilines is 2. The summed E-state index contributed by atoms with van der Waals surface area (Å²) in [4.78, 5) is 25.9. The first-order valence-corrected chi connectivity index (χ1v) is 10.6. The Balaban J connectivity index is 1.38. The van der Waals surface area contributed by atoms with Crippen molar-refractivity contribution < 1.29 is 9.13 Å². The Bertz CT molecular complexity index is 988. The van der Waals surface area contributed by atoms with Gasteiger partial charge in [0.15, 0.2) is 11.6 Å². The fourth-order valence-electron chi connectivity index (χ4n) is 4.99. The first-order valence-electron chi connectivity index (χ1n) is 10.6. The summed E-state index contributed by atoms with van der Waals surface area (Å²) >= 11 is 0. The standard InChI is InChI=1S/C21H27FN6O2/c22-17-9-24-21(25-19(17)23)27-10-14-8-16(13-27)18-3-2-15(20(29)28(18)11-14)12-26-4-1-6-30-7-5-26/h2-3,9,14,16H,1,4-8,10-13H2,(H2,23,24,25)/t14-,16+/m0/s1. The van der Waals surface area contributed by atoms with E-state index >= 15 is 0 Å². The highest BCUT2D eigenvalue weighted by atomic mass is 19.1. The molecule has 0 aromatic carbocycles. The number of nitrogens with zero attached hydrogens (tertiary/aromatic N) is 5. The van der Waals surface area contributed by atoms with Crippen LogP contribution in [-0.2, 0) is 17.8 Å². The average molecular weight is 414 g/mol. The Labute approximate surface area is 174 Å².